The molecule has 0 saturated heterocycles. The zero-order valence-corrected chi connectivity index (χ0v) is 9.68. The van der Waals surface area contributed by atoms with E-state index in [0.717, 1.165) is 23.9 Å². The second-order valence-electron chi connectivity index (χ2n) is 4.83. The number of aliphatic hydroxyl groups is 1. The van der Waals surface area contributed by atoms with Gasteiger partial charge >= 0.3 is 0 Å². The van der Waals surface area contributed by atoms with Gasteiger partial charge in [-0.15, -0.1) is 0 Å². The molecule has 0 amide bonds. The third-order valence-corrected chi connectivity index (χ3v) is 3.63. The van der Waals surface area contributed by atoms with Crippen molar-refractivity contribution in [1.82, 2.24) is 9.55 Å². The molecule has 0 unspecified atom stereocenters. The fourth-order valence-electron chi connectivity index (χ4n) is 2.19. The molecule has 1 aliphatic rings. The van der Waals surface area contributed by atoms with Crippen LogP contribution in [-0.2, 0) is 7.05 Å². The van der Waals surface area contributed by atoms with Crippen LogP contribution in [0.25, 0.3) is 11.0 Å². The maximum Gasteiger partial charge on any atom is 0.171 e. The number of imidazole rings is 1. The molecule has 0 aliphatic heterocycles. The second-order valence-corrected chi connectivity index (χ2v) is 4.83. The minimum atomic E-state index is -0.498. The molecule has 0 radical (unpaired) electrons. The maximum absolute atomic E-state index is 12.2. The molecule has 2 aromatic rings. The molecule has 0 spiro atoms. The Morgan fingerprint density at radius 1 is 1.53 bits per heavy atom. The van der Waals surface area contributed by atoms with Crippen LogP contribution in [0, 0.1) is 5.41 Å². The van der Waals surface area contributed by atoms with E-state index in [1.54, 1.807) is 6.33 Å². The average Bonchev–Trinajstić information content (AvgIpc) is 3.08. The number of carbonyl (C=O) groups is 1. The summed E-state index contributed by atoms with van der Waals surface area (Å²) in [7, 11) is 1.92. The van der Waals surface area contributed by atoms with Crippen molar-refractivity contribution in [3.05, 3.63) is 30.1 Å². The fraction of sp³-hybridized carbons (Fsp3) is 0.385. The normalized spacial score (nSPS) is 17.3. The Morgan fingerprint density at radius 2 is 2.29 bits per heavy atom. The number of carbonyl (C=O) groups excluding carboxylic acids is 1. The molecular weight excluding hydrogens is 216 g/mol. The number of nitrogens with zero attached hydrogens (tertiary/aromatic N) is 2. The lowest BCUT2D eigenvalue weighted by Gasteiger charge is -2.10. The highest BCUT2D eigenvalue weighted by Crippen LogP contribution is 2.47. The van der Waals surface area contributed by atoms with Gasteiger partial charge in [-0.1, -0.05) is 0 Å². The number of hydrogen-bond donors (Lipinski definition) is 1. The van der Waals surface area contributed by atoms with Crippen molar-refractivity contribution in [1.29, 1.82) is 0 Å². The summed E-state index contributed by atoms with van der Waals surface area (Å²) in [6.45, 7) is -0.0495. The lowest BCUT2D eigenvalue weighted by Crippen LogP contribution is -2.19. The van der Waals surface area contributed by atoms with Gasteiger partial charge in [0.1, 0.15) is 0 Å². The van der Waals surface area contributed by atoms with Crippen molar-refractivity contribution in [3.8, 4) is 0 Å². The lowest BCUT2D eigenvalue weighted by molar-refractivity contribution is 0.0830. The first-order valence-corrected chi connectivity index (χ1v) is 5.73. The third-order valence-electron chi connectivity index (χ3n) is 3.63. The predicted molar refractivity (Wildman–Crippen MR) is 63.8 cm³/mol. The van der Waals surface area contributed by atoms with E-state index in [-0.39, 0.29) is 12.4 Å². The van der Waals surface area contributed by atoms with Crippen molar-refractivity contribution in [2.45, 2.75) is 12.8 Å². The van der Waals surface area contributed by atoms with E-state index in [4.69, 9.17) is 0 Å². The fourth-order valence-corrected chi connectivity index (χ4v) is 2.19. The van der Waals surface area contributed by atoms with E-state index in [0.29, 0.717) is 5.56 Å². The molecule has 1 N–H and O–H groups in total. The average molecular weight is 230 g/mol. The lowest BCUT2D eigenvalue weighted by atomic mass is 9.95. The van der Waals surface area contributed by atoms with E-state index in [1.807, 2.05) is 29.8 Å². The molecule has 1 heterocycles. The number of benzene rings is 1. The van der Waals surface area contributed by atoms with Crippen LogP contribution >= 0.6 is 0 Å². The van der Waals surface area contributed by atoms with Crippen LogP contribution in [0.2, 0.25) is 0 Å². The smallest absolute Gasteiger partial charge is 0.171 e. The number of aryl methyl sites for hydroxylation is 1. The molecule has 1 fully saturated rings. The molecule has 88 valence electrons. The Kier molecular flexibility index (Phi) is 2.10. The highest BCUT2D eigenvalue weighted by atomic mass is 16.3. The number of hydrogen-bond acceptors (Lipinski definition) is 3. The molecule has 0 atom stereocenters. The predicted octanol–water partition coefficient (Wildman–Crippen LogP) is 1.53. The summed E-state index contributed by atoms with van der Waals surface area (Å²) in [5, 5.41) is 9.27. The minimum absolute atomic E-state index is 0.0487. The summed E-state index contributed by atoms with van der Waals surface area (Å²) in [6.07, 6.45) is 3.32. The molecule has 1 saturated carbocycles. The van der Waals surface area contributed by atoms with Gasteiger partial charge in [0.25, 0.3) is 0 Å². The van der Waals surface area contributed by atoms with Gasteiger partial charge in [0.15, 0.2) is 5.78 Å². The van der Waals surface area contributed by atoms with Crippen LogP contribution in [0.3, 0.4) is 0 Å². The van der Waals surface area contributed by atoms with E-state index in [2.05, 4.69) is 4.98 Å². The molecule has 4 heteroatoms. The van der Waals surface area contributed by atoms with Gasteiger partial charge in [-0.3, -0.25) is 4.79 Å². The van der Waals surface area contributed by atoms with E-state index < -0.39 is 5.41 Å². The molecular formula is C13H14N2O2. The first-order valence-electron chi connectivity index (χ1n) is 5.73. The van der Waals surface area contributed by atoms with Gasteiger partial charge in [0.05, 0.1) is 29.4 Å². The second kappa shape index (κ2) is 3.40. The quantitative estimate of drug-likeness (QED) is 0.813. The van der Waals surface area contributed by atoms with E-state index >= 15 is 0 Å². The number of aliphatic hydroxyl groups excluding tert-OH is 1. The number of rotatable bonds is 3. The molecule has 4 nitrogen and oxygen atoms in total. The van der Waals surface area contributed by atoms with Gasteiger partial charge in [0, 0.05) is 12.6 Å². The maximum atomic E-state index is 12.2. The first-order chi connectivity index (χ1) is 8.16. The molecule has 1 aromatic heterocycles. The van der Waals surface area contributed by atoms with Gasteiger partial charge < -0.3 is 9.67 Å². The van der Waals surface area contributed by atoms with Crippen LogP contribution in [-0.4, -0.2) is 27.0 Å². The van der Waals surface area contributed by atoms with Crippen LogP contribution in [0.1, 0.15) is 23.2 Å². The molecule has 0 bridgehead atoms. The Labute approximate surface area is 98.9 Å². The van der Waals surface area contributed by atoms with Crippen molar-refractivity contribution in [2.24, 2.45) is 12.5 Å². The Balaban J connectivity index is 2.04. The largest absolute Gasteiger partial charge is 0.395 e. The van der Waals surface area contributed by atoms with Crippen LogP contribution in [0.15, 0.2) is 24.5 Å². The summed E-state index contributed by atoms with van der Waals surface area (Å²) in [5.74, 6) is 0.0487. The van der Waals surface area contributed by atoms with Crippen LogP contribution in [0.4, 0.5) is 0 Å². The summed E-state index contributed by atoms with van der Waals surface area (Å²) < 4.78 is 1.92. The summed E-state index contributed by atoms with van der Waals surface area (Å²) in [6, 6.07) is 5.54. The van der Waals surface area contributed by atoms with Crippen LogP contribution in [0.5, 0.6) is 0 Å². The monoisotopic (exact) mass is 230 g/mol. The van der Waals surface area contributed by atoms with Crippen LogP contribution < -0.4 is 0 Å². The zero-order chi connectivity index (χ0) is 12.0. The third kappa shape index (κ3) is 1.48. The topological polar surface area (TPSA) is 55.1 Å². The summed E-state index contributed by atoms with van der Waals surface area (Å²) >= 11 is 0. The molecule has 3 rings (SSSR count). The highest BCUT2D eigenvalue weighted by molar-refractivity contribution is 6.04. The van der Waals surface area contributed by atoms with Crippen molar-refractivity contribution < 1.29 is 9.90 Å². The Bertz CT molecular complexity index is 596. The van der Waals surface area contributed by atoms with Crippen molar-refractivity contribution in [3.63, 3.8) is 0 Å². The van der Waals surface area contributed by atoms with Crippen molar-refractivity contribution in [2.75, 3.05) is 6.61 Å². The number of Topliss-reactive ketones (excluding diaryl/α,β-unsaturated/α-hetero) is 1. The number of fused-ring (bicyclic) bond motifs is 1. The Hall–Kier alpha value is -1.68. The van der Waals surface area contributed by atoms with Gasteiger partial charge in [-0.25, -0.2) is 4.98 Å². The zero-order valence-electron chi connectivity index (χ0n) is 9.68. The highest BCUT2D eigenvalue weighted by Gasteiger charge is 2.49. The van der Waals surface area contributed by atoms with E-state index in [9.17, 15) is 9.90 Å². The molecule has 1 aromatic carbocycles. The minimum Gasteiger partial charge on any atom is -0.395 e. The summed E-state index contributed by atoms with van der Waals surface area (Å²) in [5.41, 5.74) is 1.99. The Morgan fingerprint density at radius 3 is 2.94 bits per heavy atom. The molecule has 1 aliphatic carbocycles. The van der Waals surface area contributed by atoms with E-state index in [1.165, 1.54) is 0 Å². The van der Waals surface area contributed by atoms with Gasteiger partial charge in [0.2, 0.25) is 0 Å². The van der Waals surface area contributed by atoms with Crippen molar-refractivity contribution >= 4 is 16.8 Å². The SMILES string of the molecule is Cn1cnc2cc(C(=O)C3(CO)CC3)ccc21. The number of aromatic nitrogens is 2. The summed E-state index contributed by atoms with van der Waals surface area (Å²) in [4.78, 5) is 16.5. The van der Waals surface area contributed by atoms with Gasteiger partial charge in [-0.2, -0.15) is 0 Å². The standard InChI is InChI=1S/C13H14N2O2/c1-15-8-14-10-6-9(2-3-11(10)15)12(17)13(7-16)4-5-13/h2-3,6,8,16H,4-5,7H2,1H3. The molecule has 17 heavy (non-hydrogen) atoms. The van der Waals surface area contributed by atoms with Gasteiger partial charge in [-0.05, 0) is 31.0 Å². The first kappa shape index (κ1) is 10.5. The number of ketones is 1.